The zero-order valence-corrected chi connectivity index (χ0v) is 16.9. The van der Waals surface area contributed by atoms with E-state index in [0.29, 0.717) is 33.9 Å². The fourth-order valence-electron chi connectivity index (χ4n) is 3.17. The second kappa shape index (κ2) is 7.96. The minimum Gasteiger partial charge on any atom is -0.461 e. The van der Waals surface area contributed by atoms with Crippen LogP contribution in [0.1, 0.15) is 28.8 Å². The van der Waals surface area contributed by atoms with Gasteiger partial charge in [0.1, 0.15) is 23.1 Å². The Morgan fingerprint density at radius 2 is 2.17 bits per heavy atom. The Labute approximate surface area is 175 Å². The fraction of sp³-hybridized carbons (Fsp3) is 0.150. The highest BCUT2D eigenvalue weighted by Crippen LogP contribution is 2.36. The lowest BCUT2D eigenvalue weighted by molar-refractivity contribution is 0.0518. The average molecular weight is 422 g/mol. The van der Waals surface area contributed by atoms with Crippen molar-refractivity contribution in [3.8, 4) is 28.6 Å². The van der Waals surface area contributed by atoms with Crippen molar-refractivity contribution in [2.45, 2.75) is 13.8 Å². The molecule has 4 aromatic rings. The molecule has 8 nitrogen and oxygen atoms in total. The number of carbonyl (C=O) groups is 1. The van der Waals surface area contributed by atoms with Crippen LogP contribution in [0.5, 0.6) is 0 Å². The maximum atomic E-state index is 13.7. The molecule has 0 aromatic carbocycles. The third-order valence-electron chi connectivity index (χ3n) is 4.43. The highest BCUT2D eigenvalue weighted by Gasteiger charge is 2.28. The molecule has 150 valence electrons. The minimum absolute atomic E-state index is 0.0550. The predicted octanol–water partition coefficient (Wildman–Crippen LogP) is 4.00. The third kappa shape index (κ3) is 3.29. The quantitative estimate of drug-likeness (QED) is 0.448. The van der Waals surface area contributed by atoms with Crippen LogP contribution in [-0.2, 0) is 4.74 Å². The van der Waals surface area contributed by atoms with Crippen molar-refractivity contribution in [3.05, 3.63) is 59.8 Å². The number of aryl methyl sites for hydroxylation is 1. The number of aromatic nitrogens is 5. The number of hydrogen-bond acceptors (Lipinski definition) is 7. The molecule has 0 aliphatic rings. The molecular formula is C20H15FN6O2S. The van der Waals surface area contributed by atoms with Crippen molar-refractivity contribution in [2.24, 2.45) is 0 Å². The van der Waals surface area contributed by atoms with E-state index in [1.165, 1.54) is 6.20 Å². The number of esters is 1. The molecule has 0 radical (unpaired) electrons. The lowest BCUT2D eigenvalue weighted by atomic mass is 10.0. The number of nitriles is 1. The smallest absolute Gasteiger partial charge is 0.358 e. The standard InChI is InChI=1S/C20H15FN6O2S/c1-3-29-20(28)19-17(13-7-8-16-23-10-14(9-22)26(16)11-13)18(25-27(19)30-21)15-6-4-5-12(2)24-15/h4-8,10-11H,3H2,1-2H3. The van der Waals surface area contributed by atoms with Crippen molar-refractivity contribution < 1.29 is 13.4 Å². The molecule has 0 amide bonds. The Bertz CT molecular complexity index is 1310. The SMILES string of the molecule is CCOC(=O)c1c(-c2ccc3ncc(C#N)n3c2)c(-c2cccc(C)n2)nn1SF. The molecule has 4 heterocycles. The normalized spacial score (nSPS) is 10.9. The summed E-state index contributed by atoms with van der Waals surface area (Å²) >= 11 is -0.203. The number of imidazole rings is 1. The molecule has 0 bridgehead atoms. The van der Waals surface area contributed by atoms with Crippen molar-refractivity contribution in [3.63, 3.8) is 0 Å². The van der Waals surface area contributed by atoms with Gasteiger partial charge in [-0.25, -0.2) is 9.78 Å². The van der Waals surface area contributed by atoms with Crippen molar-refractivity contribution in [2.75, 3.05) is 6.61 Å². The molecule has 0 fully saturated rings. The molecule has 0 spiro atoms. The van der Waals surface area contributed by atoms with Crippen molar-refractivity contribution >= 4 is 24.0 Å². The molecule has 0 atom stereocenters. The molecule has 0 unspecified atom stereocenters. The van der Waals surface area contributed by atoms with Crippen LogP contribution in [0.2, 0.25) is 0 Å². The van der Waals surface area contributed by atoms with Gasteiger partial charge in [-0.1, -0.05) is 6.07 Å². The van der Waals surface area contributed by atoms with E-state index in [1.807, 2.05) is 13.0 Å². The molecule has 0 saturated carbocycles. The van der Waals surface area contributed by atoms with E-state index < -0.39 is 5.97 Å². The summed E-state index contributed by atoms with van der Waals surface area (Å²) in [4.78, 5) is 21.4. The number of nitrogens with zero attached hydrogens (tertiary/aromatic N) is 6. The minimum atomic E-state index is -0.713. The molecule has 0 N–H and O–H groups in total. The number of fused-ring (bicyclic) bond motifs is 1. The van der Waals surface area contributed by atoms with Crippen LogP contribution in [0.15, 0.2) is 42.7 Å². The van der Waals surface area contributed by atoms with E-state index in [1.54, 1.807) is 41.8 Å². The molecule has 0 saturated heterocycles. The largest absolute Gasteiger partial charge is 0.461 e. The van der Waals surface area contributed by atoms with Gasteiger partial charge in [-0.2, -0.15) is 14.4 Å². The monoisotopic (exact) mass is 422 g/mol. The van der Waals surface area contributed by atoms with Gasteiger partial charge in [0.05, 0.1) is 18.5 Å². The zero-order valence-electron chi connectivity index (χ0n) is 16.0. The number of halogens is 1. The second-order valence-electron chi connectivity index (χ2n) is 6.30. The maximum Gasteiger partial charge on any atom is 0.358 e. The Morgan fingerprint density at radius 3 is 2.87 bits per heavy atom. The Balaban J connectivity index is 2.04. The van der Waals surface area contributed by atoms with Gasteiger partial charge in [-0.05, 0) is 38.1 Å². The molecule has 4 rings (SSSR count). The van der Waals surface area contributed by atoms with Crippen molar-refractivity contribution in [1.82, 2.24) is 23.6 Å². The number of ether oxygens (including phenoxy) is 1. The van der Waals surface area contributed by atoms with Crippen molar-refractivity contribution in [1.29, 1.82) is 5.26 Å². The van der Waals surface area contributed by atoms with Gasteiger partial charge in [0.15, 0.2) is 18.0 Å². The summed E-state index contributed by atoms with van der Waals surface area (Å²) in [5, 5.41) is 13.6. The maximum absolute atomic E-state index is 13.7. The topological polar surface area (TPSA) is 98.1 Å². The van der Waals surface area contributed by atoms with Gasteiger partial charge < -0.3 is 4.74 Å². The first-order valence-electron chi connectivity index (χ1n) is 8.98. The third-order valence-corrected chi connectivity index (χ3v) is 4.82. The number of rotatable bonds is 5. The second-order valence-corrected chi connectivity index (χ2v) is 6.78. The summed E-state index contributed by atoms with van der Waals surface area (Å²) in [5.41, 5.74) is 3.29. The van der Waals surface area contributed by atoms with Gasteiger partial charge in [0, 0.05) is 23.0 Å². The van der Waals surface area contributed by atoms with Gasteiger partial charge in [-0.15, -0.1) is 3.89 Å². The first-order valence-corrected chi connectivity index (χ1v) is 9.65. The van der Waals surface area contributed by atoms with E-state index in [4.69, 9.17) is 4.74 Å². The summed E-state index contributed by atoms with van der Waals surface area (Å²) in [6, 6.07) is 10.9. The Morgan fingerprint density at radius 1 is 1.33 bits per heavy atom. The summed E-state index contributed by atoms with van der Waals surface area (Å²) in [6.45, 7) is 3.62. The van der Waals surface area contributed by atoms with Crippen LogP contribution < -0.4 is 0 Å². The van der Waals surface area contributed by atoms with E-state index in [2.05, 4.69) is 21.1 Å². The van der Waals surface area contributed by atoms with Gasteiger partial charge >= 0.3 is 5.97 Å². The first kappa shape index (κ1) is 19.6. The average Bonchev–Trinajstić information content (AvgIpc) is 3.34. The van der Waals surface area contributed by atoms with Gasteiger partial charge in [0.2, 0.25) is 0 Å². The predicted molar refractivity (Wildman–Crippen MR) is 109 cm³/mol. The van der Waals surface area contributed by atoms with Crippen LogP contribution in [-0.4, -0.2) is 36.1 Å². The summed E-state index contributed by atoms with van der Waals surface area (Å²) in [6.07, 6.45) is 3.11. The summed E-state index contributed by atoms with van der Waals surface area (Å²) in [5.74, 6) is -0.713. The van der Waals surface area contributed by atoms with E-state index in [0.717, 1.165) is 9.78 Å². The van der Waals surface area contributed by atoms with E-state index in [-0.39, 0.29) is 24.6 Å². The van der Waals surface area contributed by atoms with Crippen LogP contribution in [0.3, 0.4) is 0 Å². The number of hydrogen-bond donors (Lipinski definition) is 0. The molecule has 4 aromatic heterocycles. The lowest BCUT2D eigenvalue weighted by Crippen LogP contribution is -2.10. The fourth-order valence-corrected chi connectivity index (χ4v) is 3.51. The summed E-state index contributed by atoms with van der Waals surface area (Å²) < 4.78 is 21.4. The Hall–Kier alpha value is -3.71. The van der Waals surface area contributed by atoms with Gasteiger partial charge in [-0.3, -0.25) is 9.38 Å². The van der Waals surface area contributed by atoms with Gasteiger partial charge in [0.25, 0.3) is 0 Å². The lowest BCUT2D eigenvalue weighted by Gasteiger charge is -2.08. The number of pyridine rings is 2. The van der Waals surface area contributed by atoms with Crippen LogP contribution in [0.25, 0.3) is 28.2 Å². The Kier molecular flexibility index (Phi) is 5.20. The van der Waals surface area contributed by atoms with Crippen LogP contribution in [0, 0.1) is 18.3 Å². The first-order chi connectivity index (χ1) is 14.6. The van der Waals surface area contributed by atoms with Crippen LogP contribution >= 0.6 is 12.3 Å². The van der Waals surface area contributed by atoms with E-state index in [9.17, 15) is 13.9 Å². The molecule has 0 aliphatic carbocycles. The molecular weight excluding hydrogens is 407 g/mol. The zero-order chi connectivity index (χ0) is 21.3. The number of carbonyl (C=O) groups excluding carboxylic acids is 1. The summed E-state index contributed by atoms with van der Waals surface area (Å²) in [7, 11) is 0. The molecule has 0 aliphatic heterocycles. The van der Waals surface area contributed by atoms with E-state index >= 15 is 0 Å². The highest BCUT2D eigenvalue weighted by atomic mass is 32.2. The molecule has 30 heavy (non-hydrogen) atoms. The highest BCUT2D eigenvalue weighted by molar-refractivity contribution is 7.92. The van der Waals surface area contributed by atoms with Crippen LogP contribution in [0.4, 0.5) is 3.89 Å². The molecule has 10 heteroatoms.